The van der Waals surface area contributed by atoms with Gasteiger partial charge in [0.15, 0.2) is 0 Å². The molecule has 0 fully saturated rings. The van der Waals surface area contributed by atoms with Crippen LogP contribution in [0.3, 0.4) is 0 Å². The van der Waals surface area contributed by atoms with Crippen molar-refractivity contribution in [2.45, 2.75) is 31.9 Å². The summed E-state index contributed by atoms with van der Waals surface area (Å²) in [5.41, 5.74) is 2.75. The maximum absolute atomic E-state index is 6.11. The van der Waals surface area contributed by atoms with Gasteiger partial charge in [0.25, 0.3) is 0 Å². The summed E-state index contributed by atoms with van der Waals surface area (Å²) in [7, 11) is 0. The van der Waals surface area contributed by atoms with Gasteiger partial charge in [0.1, 0.15) is 0 Å². The fraction of sp³-hybridized carbons (Fsp3) is 0.412. The van der Waals surface area contributed by atoms with Crippen LogP contribution in [-0.4, -0.2) is 19.2 Å². The van der Waals surface area contributed by atoms with E-state index in [-0.39, 0.29) is 12.1 Å². The van der Waals surface area contributed by atoms with Crippen LogP contribution in [0.15, 0.2) is 36.4 Å². The summed E-state index contributed by atoms with van der Waals surface area (Å²) in [6, 6.07) is 13.0. The van der Waals surface area contributed by atoms with Gasteiger partial charge < -0.3 is 10.1 Å². The molecule has 2 atom stereocenters. The quantitative estimate of drug-likeness (QED) is 0.889. The average molecular weight is 322 g/mol. The average Bonchev–Trinajstić information content (AvgIpc) is 2.91. The normalized spacial score (nSPS) is 19.2. The van der Waals surface area contributed by atoms with E-state index < -0.39 is 0 Å². The molecule has 2 heterocycles. The first kappa shape index (κ1) is 15.0. The summed E-state index contributed by atoms with van der Waals surface area (Å²) in [5, 5.41) is 3.59. The van der Waals surface area contributed by atoms with Gasteiger partial charge in [0.2, 0.25) is 0 Å². The second kappa shape index (κ2) is 6.93. The second-order valence-corrected chi connectivity index (χ2v) is 7.11. The second-order valence-electron chi connectivity index (χ2n) is 5.31. The van der Waals surface area contributed by atoms with Crippen molar-refractivity contribution in [3.05, 3.63) is 56.7 Å². The van der Waals surface area contributed by atoms with Crippen LogP contribution < -0.4 is 5.32 Å². The van der Waals surface area contributed by atoms with Crippen LogP contribution in [0.25, 0.3) is 0 Å². The Morgan fingerprint density at radius 2 is 2.19 bits per heavy atom. The van der Waals surface area contributed by atoms with Gasteiger partial charge in [-0.2, -0.15) is 0 Å². The van der Waals surface area contributed by atoms with Crippen LogP contribution >= 0.6 is 22.9 Å². The van der Waals surface area contributed by atoms with Crippen LogP contribution in [0.4, 0.5) is 0 Å². The lowest BCUT2D eigenvalue weighted by molar-refractivity contribution is 0.0160. The third-order valence-corrected chi connectivity index (χ3v) is 5.17. The van der Waals surface area contributed by atoms with Crippen molar-refractivity contribution in [2.24, 2.45) is 0 Å². The highest BCUT2D eigenvalue weighted by Gasteiger charge is 2.28. The summed E-state index contributed by atoms with van der Waals surface area (Å²) in [4.78, 5) is 1.30. The summed E-state index contributed by atoms with van der Waals surface area (Å²) in [6.07, 6.45) is 2.08. The molecule has 3 rings (SSSR count). The molecule has 1 aliphatic heterocycles. The molecule has 2 nitrogen and oxygen atoms in total. The van der Waals surface area contributed by atoms with Gasteiger partial charge in [-0.15, -0.1) is 11.3 Å². The molecule has 0 saturated heterocycles. The highest BCUT2D eigenvalue weighted by atomic mass is 35.5. The number of fused-ring (bicyclic) bond motifs is 1. The molecule has 1 aliphatic rings. The first-order valence-electron chi connectivity index (χ1n) is 7.45. The van der Waals surface area contributed by atoms with Gasteiger partial charge >= 0.3 is 0 Å². The Kier molecular flexibility index (Phi) is 4.96. The lowest BCUT2D eigenvalue weighted by atomic mass is 9.91. The van der Waals surface area contributed by atoms with E-state index >= 15 is 0 Å². The van der Waals surface area contributed by atoms with E-state index in [1.807, 2.05) is 6.07 Å². The van der Waals surface area contributed by atoms with Gasteiger partial charge in [0, 0.05) is 10.9 Å². The molecule has 0 amide bonds. The largest absolute Gasteiger partial charge is 0.372 e. The number of thiophene rings is 1. The van der Waals surface area contributed by atoms with E-state index in [1.54, 1.807) is 11.3 Å². The van der Waals surface area contributed by atoms with E-state index in [4.69, 9.17) is 16.3 Å². The molecule has 112 valence electrons. The summed E-state index contributed by atoms with van der Waals surface area (Å²) in [5.74, 6) is 0. The molecule has 0 spiro atoms. The molecule has 21 heavy (non-hydrogen) atoms. The van der Waals surface area contributed by atoms with E-state index in [0.29, 0.717) is 0 Å². The number of likely N-dealkylation sites (N-methyl/N-ethyl adjacent to an activating group) is 1. The molecule has 2 aromatic rings. The molecule has 1 N–H and O–H groups in total. The van der Waals surface area contributed by atoms with Crippen molar-refractivity contribution in [3.8, 4) is 0 Å². The number of benzene rings is 1. The van der Waals surface area contributed by atoms with E-state index in [1.165, 1.54) is 16.0 Å². The Morgan fingerprint density at radius 1 is 1.33 bits per heavy atom. The molecule has 2 unspecified atom stereocenters. The number of hydrogen-bond donors (Lipinski definition) is 1. The smallest absolute Gasteiger partial charge is 0.0984 e. The number of nitrogens with one attached hydrogen (secondary N) is 1. The third-order valence-electron chi connectivity index (χ3n) is 3.91. The number of ether oxygens (including phenoxy) is 1. The van der Waals surface area contributed by atoms with Crippen molar-refractivity contribution >= 4 is 22.9 Å². The fourth-order valence-corrected chi connectivity index (χ4v) is 4.13. The van der Waals surface area contributed by atoms with Crippen LogP contribution in [0, 0.1) is 0 Å². The Balaban J connectivity index is 1.84. The van der Waals surface area contributed by atoms with Gasteiger partial charge in [-0.1, -0.05) is 42.8 Å². The summed E-state index contributed by atoms with van der Waals surface area (Å²) < 4.78 is 6.96. The Morgan fingerprint density at radius 3 is 2.95 bits per heavy atom. The molecular formula is C17H20ClNOS. The molecule has 4 heteroatoms. The fourth-order valence-electron chi connectivity index (χ4n) is 2.98. The zero-order valence-corrected chi connectivity index (χ0v) is 13.7. The molecule has 0 radical (unpaired) electrons. The lowest BCUT2D eigenvalue weighted by Crippen LogP contribution is -2.39. The lowest BCUT2D eigenvalue weighted by Gasteiger charge is -2.33. The number of rotatable bonds is 5. The van der Waals surface area contributed by atoms with E-state index in [0.717, 1.165) is 30.3 Å². The first-order valence-corrected chi connectivity index (χ1v) is 8.64. The van der Waals surface area contributed by atoms with Crippen molar-refractivity contribution < 1.29 is 4.74 Å². The van der Waals surface area contributed by atoms with Crippen LogP contribution in [0.1, 0.15) is 29.0 Å². The zero-order valence-electron chi connectivity index (χ0n) is 12.1. The van der Waals surface area contributed by atoms with Crippen molar-refractivity contribution in [1.29, 1.82) is 0 Å². The Bertz CT molecular complexity index is 598. The molecule has 1 aromatic carbocycles. The van der Waals surface area contributed by atoms with Crippen LogP contribution in [0.5, 0.6) is 0 Å². The van der Waals surface area contributed by atoms with Gasteiger partial charge in [0.05, 0.1) is 17.0 Å². The minimum absolute atomic E-state index is 0.121. The van der Waals surface area contributed by atoms with Crippen LogP contribution in [-0.2, 0) is 17.6 Å². The van der Waals surface area contributed by atoms with E-state index in [2.05, 4.69) is 42.6 Å². The monoisotopic (exact) mass is 321 g/mol. The number of halogens is 1. The predicted octanol–water partition coefficient (Wildman–Crippen LogP) is 4.24. The third kappa shape index (κ3) is 3.49. The first-order chi connectivity index (χ1) is 10.3. The predicted molar refractivity (Wildman–Crippen MR) is 89.3 cm³/mol. The minimum Gasteiger partial charge on any atom is -0.372 e. The standard InChI is InChI=1S/C17H20ClNOS/c1-2-19-15(11-13-7-8-16(18)21-13)17-14-6-4-3-5-12(14)9-10-20-17/h3-8,15,17,19H,2,9-11H2,1H3. The van der Waals surface area contributed by atoms with Crippen LogP contribution in [0.2, 0.25) is 4.34 Å². The molecule has 1 aromatic heterocycles. The summed E-state index contributed by atoms with van der Waals surface area (Å²) in [6.45, 7) is 3.88. The number of hydrogen-bond acceptors (Lipinski definition) is 3. The maximum atomic E-state index is 6.11. The Labute approximate surface area is 135 Å². The minimum atomic E-state index is 0.121. The molecule has 0 aliphatic carbocycles. The maximum Gasteiger partial charge on any atom is 0.0984 e. The highest BCUT2D eigenvalue weighted by Crippen LogP contribution is 2.32. The molecular weight excluding hydrogens is 302 g/mol. The van der Waals surface area contributed by atoms with E-state index in [9.17, 15) is 0 Å². The summed E-state index contributed by atoms with van der Waals surface area (Å²) >= 11 is 7.71. The van der Waals surface area contributed by atoms with Crippen molar-refractivity contribution in [2.75, 3.05) is 13.2 Å². The highest BCUT2D eigenvalue weighted by molar-refractivity contribution is 7.16. The van der Waals surface area contributed by atoms with Gasteiger partial charge in [-0.3, -0.25) is 0 Å². The Hall–Kier alpha value is -0.870. The molecule has 0 bridgehead atoms. The molecule has 0 saturated carbocycles. The van der Waals surface area contributed by atoms with Gasteiger partial charge in [-0.25, -0.2) is 0 Å². The topological polar surface area (TPSA) is 21.3 Å². The SMILES string of the molecule is CCNC(Cc1ccc(Cl)s1)C1OCCc2ccccc21. The van der Waals surface area contributed by atoms with Crippen molar-refractivity contribution in [3.63, 3.8) is 0 Å². The van der Waals surface area contributed by atoms with Crippen molar-refractivity contribution in [1.82, 2.24) is 5.32 Å². The zero-order chi connectivity index (χ0) is 14.7. The van der Waals surface area contributed by atoms with Gasteiger partial charge in [-0.05, 0) is 42.6 Å².